The van der Waals surface area contributed by atoms with Gasteiger partial charge in [-0.2, -0.15) is 15.2 Å². The van der Waals surface area contributed by atoms with E-state index in [0.29, 0.717) is 35.4 Å². The number of nitrogens with zero attached hydrogens (tertiary/aromatic N) is 6. The lowest BCUT2D eigenvalue weighted by atomic mass is 9.82. The van der Waals surface area contributed by atoms with Gasteiger partial charge in [0.15, 0.2) is 5.82 Å². The normalized spacial score (nSPS) is 21.8. The van der Waals surface area contributed by atoms with Gasteiger partial charge >= 0.3 is 6.01 Å². The summed E-state index contributed by atoms with van der Waals surface area (Å²) >= 11 is 5.91. The van der Waals surface area contributed by atoms with Crippen molar-refractivity contribution >= 4 is 17.3 Å². The molecule has 0 spiro atoms. The lowest BCUT2D eigenvalue weighted by molar-refractivity contribution is 0.265. The first-order valence-electron chi connectivity index (χ1n) is 11.6. The quantitative estimate of drug-likeness (QED) is 0.467. The van der Waals surface area contributed by atoms with Crippen molar-refractivity contribution in [2.75, 3.05) is 25.1 Å². The van der Waals surface area contributed by atoms with E-state index in [4.69, 9.17) is 31.2 Å². The van der Waals surface area contributed by atoms with Crippen LogP contribution in [0.1, 0.15) is 38.6 Å². The number of hydrogen-bond acceptors (Lipinski definition) is 7. The van der Waals surface area contributed by atoms with Gasteiger partial charge in [-0.3, -0.25) is 0 Å². The maximum atomic E-state index is 13.5. The van der Waals surface area contributed by atoms with Gasteiger partial charge in [-0.15, -0.1) is 5.10 Å². The van der Waals surface area contributed by atoms with Crippen LogP contribution in [0.15, 0.2) is 30.5 Å². The summed E-state index contributed by atoms with van der Waals surface area (Å²) in [6, 6.07) is 6.69. The minimum atomic E-state index is -0.483. The highest BCUT2D eigenvalue weighted by atomic mass is 35.5. The highest BCUT2D eigenvalue weighted by molar-refractivity contribution is 6.30. The molecule has 180 valence electrons. The monoisotopic (exact) mass is 486 g/mol. The van der Waals surface area contributed by atoms with E-state index in [1.54, 1.807) is 24.1 Å². The van der Waals surface area contributed by atoms with Crippen LogP contribution in [0.5, 0.6) is 17.6 Å². The van der Waals surface area contributed by atoms with Crippen molar-refractivity contribution in [3.05, 3.63) is 47.1 Å². The summed E-state index contributed by atoms with van der Waals surface area (Å²) in [5.41, 5.74) is 1.05. The summed E-state index contributed by atoms with van der Waals surface area (Å²) in [6.07, 6.45) is 5.01. The first-order chi connectivity index (χ1) is 16.4. The molecule has 2 aliphatic rings. The minimum absolute atomic E-state index is 0.0127. The van der Waals surface area contributed by atoms with E-state index in [2.05, 4.69) is 15.1 Å². The third-order valence-electron chi connectivity index (χ3n) is 6.87. The molecule has 2 fully saturated rings. The second kappa shape index (κ2) is 9.37. The van der Waals surface area contributed by atoms with E-state index in [1.807, 2.05) is 19.9 Å². The Morgan fingerprint density at radius 3 is 2.62 bits per heavy atom. The number of hydrogen-bond donors (Lipinski definition) is 0. The summed E-state index contributed by atoms with van der Waals surface area (Å²) in [6.45, 7) is 6.00. The average Bonchev–Trinajstić information content (AvgIpc) is 3.32. The van der Waals surface area contributed by atoms with Crippen LogP contribution in [0.25, 0.3) is 0 Å². The van der Waals surface area contributed by atoms with Gasteiger partial charge in [-0.1, -0.05) is 11.6 Å². The molecule has 1 aliphatic heterocycles. The van der Waals surface area contributed by atoms with E-state index in [9.17, 15) is 4.39 Å². The molecule has 34 heavy (non-hydrogen) atoms. The van der Waals surface area contributed by atoms with Gasteiger partial charge in [-0.25, -0.2) is 9.07 Å². The van der Waals surface area contributed by atoms with E-state index in [1.165, 1.54) is 25.0 Å². The van der Waals surface area contributed by atoms with Gasteiger partial charge in [-0.05, 0) is 56.6 Å². The van der Waals surface area contributed by atoms with E-state index < -0.39 is 5.82 Å². The lowest BCUT2D eigenvalue weighted by Gasteiger charge is -2.38. The Labute approximate surface area is 203 Å². The molecule has 3 aromatic rings. The van der Waals surface area contributed by atoms with Crippen LogP contribution in [0.3, 0.4) is 0 Å². The van der Waals surface area contributed by atoms with Gasteiger partial charge in [0.25, 0.3) is 0 Å². The molecule has 3 atom stereocenters. The van der Waals surface area contributed by atoms with Crippen molar-refractivity contribution in [2.24, 2.45) is 17.8 Å². The average molecular weight is 487 g/mol. The molecule has 1 aromatic carbocycles. The molecule has 1 aliphatic carbocycles. The molecule has 3 heterocycles. The Balaban J connectivity index is 1.32. The smallest absolute Gasteiger partial charge is 0.320 e. The molecular weight excluding hydrogens is 459 g/mol. The molecule has 5 rings (SSSR count). The molecule has 1 saturated heterocycles. The Kier molecular flexibility index (Phi) is 6.29. The molecule has 1 saturated carbocycles. The first-order valence-corrected chi connectivity index (χ1v) is 12.0. The third kappa shape index (κ3) is 4.53. The zero-order chi connectivity index (χ0) is 23.8. The molecule has 1 unspecified atom stereocenters. The number of rotatable bonds is 7. The Bertz CT molecular complexity index is 1160. The number of methoxy groups -OCH3 is 1. The van der Waals surface area contributed by atoms with Crippen molar-refractivity contribution < 1.29 is 13.9 Å². The number of fused-ring (bicyclic) bond motifs is 2. The van der Waals surface area contributed by atoms with Crippen LogP contribution < -0.4 is 14.4 Å². The predicted molar refractivity (Wildman–Crippen MR) is 126 cm³/mol. The van der Waals surface area contributed by atoms with Crippen LogP contribution in [0.4, 0.5) is 10.1 Å². The molecule has 0 N–H and O–H groups in total. The topological polar surface area (TPSA) is 78.2 Å². The van der Waals surface area contributed by atoms with Gasteiger partial charge in [0.05, 0.1) is 30.1 Å². The lowest BCUT2D eigenvalue weighted by Crippen LogP contribution is -2.42. The highest BCUT2D eigenvalue weighted by Crippen LogP contribution is 2.44. The summed E-state index contributed by atoms with van der Waals surface area (Å²) in [5, 5.41) is 12.8. The maximum Gasteiger partial charge on any atom is 0.320 e. The first kappa shape index (κ1) is 22.8. The molecule has 2 aromatic heterocycles. The largest absolute Gasteiger partial charge is 0.480 e. The molecule has 8 nitrogen and oxygen atoms in total. The molecule has 0 radical (unpaired) electrons. The number of halogens is 2. The summed E-state index contributed by atoms with van der Waals surface area (Å²) in [7, 11) is 1.61. The molecule has 0 amide bonds. The maximum absolute atomic E-state index is 13.5. The van der Waals surface area contributed by atoms with Crippen molar-refractivity contribution in [3.63, 3.8) is 0 Å². The Morgan fingerprint density at radius 1 is 1.18 bits per heavy atom. The highest BCUT2D eigenvalue weighted by Gasteiger charge is 2.42. The standard InChI is InChI=1S/C24H28ClFN6O2/c1-14(2)32-24(34-18-6-7-21(26)20(25)9-18)28-22(30-32)10-19-15-4-5-16(19)13-31(12-15)17-8-23(33-3)29-27-11-17/h6-9,11,14-16,19H,4-5,10,12-13H2,1-3H3/t15-,16+,19?. The van der Waals surface area contributed by atoms with Crippen LogP contribution in [-0.4, -0.2) is 45.2 Å². The van der Waals surface area contributed by atoms with Crippen LogP contribution in [0, 0.1) is 23.6 Å². The van der Waals surface area contributed by atoms with Crippen molar-refractivity contribution in [1.29, 1.82) is 0 Å². The summed E-state index contributed by atoms with van der Waals surface area (Å²) in [4.78, 5) is 7.11. The van der Waals surface area contributed by atoms with E-state index in [0.717, 1.165) is 31.0 Å². The summed E-state index contributed by atoms with van der Waals surface area (Å²) < 4.78 is 26.5. The molecule has 2 bridgehead atoms. The fraction of sp³-hybridized carbons (Fsp3) is 0.500. The second-order valence-corrected chi connectivity index (χ2v) is 9.76. The van der Waals surface area contributed by atoms with Gasteiger partial charge in [0.2, 0.25) is 5.88 Å². The fourth-order valence-corrected chi connectivity index (χ4v) is 5.36. The predicted octanol–water partition coefficient (Wildman–Crippen LogP) is 4.95. The minimum Gasteiger partial charge on any atom is -0.480 e. The van der Waals surface area contributed by atoms with Crippen LogP contribution in [-0.2, 0) is 6.42 Å². The van der Waals surface area contributed by atoms with Crippen molar-refractivity contribution in [1.82, 2.24) is 25.0 Å². The second-order valence-electron chi connectivity index (χ2n) is 9.35. The Morgan fingerprint density at radius 2 is 1.94 bits per heavy atom. The van der Waals surface area contributed by atoms with Gasteiger partial charge < -0.3 is 14.4 Å². The van der Waals surface area contributed by atoms with E-state index in [-0.39, 0.29) is 11.1 Å². The van der Waals surface area contributed by atoms with Gasteiger partial charge in [0, 0.05) is 31.6 Å². The van der Waals surface area contributed by atoms with Crippen molar-refractivity contribution in [2.45, 2.75) is 39.2 Å². The molecule has 10 heteroatoms. The van der Waals surface area contributed by atoms with Gasteiger partial charge in [0.1, 0.15) is 11.6 Å². The number of benzene rings is 1. The van der Waals surface area contributed by atoms with Crippen LogP contribution >= 0.6 is 11.6 Å². The third-order valence-corrected chi connectivity index (χ3v) is 7.16. The van der Waals surface area contributed by atoms with E-state index >= 15 is 0 Å². The number of piperidine rings is 1. The number of ether oxygens (including phenoxy) is 2. The van der Waals surface area contributed by atoms with Crippen molar-refractivity contribution in [3.8, 4) is 17.6 Å². The number of aromatic nitrogens is 5. The van der Waals surface area contributed by atoms with Crippen LogP contribution in [0.2, 0.25) is 5.02 Å². The SMILES string of the molecule is COc1cc(N2C[C@H]3CC[C@@H](C2)C3Cc2nc(Oc3ccc(F)c(Cl)c3)n(C(C)C)n2)cnn1. The number of anilines is 1. The fourth-order valence-electron chi connectivity index (χ4n) is 5.19. The zero-order valence-electron chi connectivity index (χ0n) is 19.5. The Hall–Kier alpha value is -2.94. The zero-order valence-corrected chi connectivity index (χ0v) is 20.2. The molecular formula is C24H28ClFN6O2. The summed E-state index contributed by atoms with van der Waals surface area (Å²) in [5.74, 6) is 2.90.